The number of nitrogens with one attached hydrogen (secondary N) is 1. The summed E-state index contributed by atoms with van der Waals surface area (Å²) in [6.07, 6.45) is 15.3. The van der Waals surface area contributed by atoms with Crippen molar-refractivity contribution in [3.05, 3.63) is 65.3 Å². The van der Waals surface area contributed by atoms with Crippen molar-refractivity contribution < 1.29 is 14.6 Å². The van der Waals surface area contributed by atoms with Gasteiger partial charge in [0.15, 0.2) is 0 Å². The minimum atomic E-state index is -0.797. The Morgan fingerprint density at radius 2 is 2.00 bits per heavy atom. The zero-order valence-electron chi connectivity index (χ0n) is 20.5. The number of fused-ring (bicyclic) bond motifs is 1. The SMILES string of the molecule is CN(C1CC(OCCCCC2=CCc3cccnc3N2)C1)C(C(=O)O)c1cccnc1C1CCC1. The van der Waals surface area contributed by atoms with Gasteiger partial charge in [0.05, 0.1) is 6.10 Å². The smallest absolute Gasteiger partial charge is 0.325 e. The van der Waals surface area contributed by atoms with Gasteiger partial charge < -0.3 is 15.2 Å². The first-order valence-corrected chi connectivity index (χ1v) is 13.0. The number of pyridine rings is 2. The third kappa shape index (κ3) is 5.41. The topological polar surface area (TPSA) is 87.6 Å². The van der Waals surface area contributed by atoms with Crippen LogP contribution in [0.4, 0.5) is 5.82 Å². The van der Waals surface area contributed by atoms with Gasteiger partial charge in [-0.25, -0.2) is 4.98 Å². The molecule has 0 radical (unpaired) electrons. The highest BCUT2D eigenvalue weighted by Gasteiger charge is 2.40. The van der Waals surface area contributed by atoms with Crippen molar-refractivity contribution in [1.82, 2.24) is 14.9 Å². The van der Waals surface area contributed by atoms with Gasteiger partial charge in [-0.15, -0.1) is 0 Å². The van der Waals surface area contributed by atoms with Crippen LogP contribution in [0.15, 0.2) is 48.4 Å². The molecule has 2 fully saturated rings. The molecule has 1 aliphatic heterocycles. The average Bonchev–Trinajstić information content (AvgIpc) is 2.79. The van der Waals surface area contributed by atoms with E-state index >= 15 is 0 Å². The molecule has 2 aromatic rings. The molecule has 2 aromatic heterocycles. The number of hydrogen-bond acceptors (Lipinski definition) is 6. The van der Waals surface area contributed by atoms with Gasteiger partial charge in [0, 0.05) is 47.9 Å². The van der Waals surface area contributed by atoms with Crippen molar-refractivity contribution in [1.29, 1.82) is 0 Å². The number of hydrogen-bond donors (Lipinski definition) is 2. The van der Waals surface area contributed by atoms with Gasteiger partial charge in [0.25, 0.3) is 0 Å². The Kier molecular flexibility index (Phi) is 7.44. The highest BCUT2D eigenvalue weighted by atomic mass is 16.5. The number of anilines is 1. The number of nitrogens with zero attached hydrogens (tertiary/aromatic N) is 3. The molecule has 0 aromatic carbocycles. The van der Waals surface area contributed by atoms with E-state index in [1.165, 1.54) is 17.7 Å². The van der Waals surface area contributed by atoms with Crippen LogP contribution in [0, 0.1) is 0 Å². The van der Waals surface area contributed by atoms with Crippen LogP contribution < -0.4 is 5.32 Å². The van der Waals surface area contributed by atoms with Crippen LogP contribution in [0.3, 0.4) is 0 Å². The molecular weight excluding hydrogens is 440 g/mol. The van der Waals surface area contributed by atoms with Crippen molar-refractivity contribution in [3.63, 3.8) is 0 Å². The number of unbranched alkanes of at least 4 members (excludes halogenated alkanes) is 1. The summed E-state index contributed by atoms with van der Waals surface area (Å²) in [5, 5.41) is 13.5. The molecular formula is C28H36N4O3. The number of likely N-dealkylation sites (N-methyl/N-ethyl adjacent to an activating group) is 1. The van der Waals surface area contributed by atoms with E-state index in [1.54, 1.807) is 6.20 Å². The maximum absolute atomic E-state index is 12.3. The molecule has 2 aliphatic carbocycles. The molecule has 2 saturated carbocycles. The number of carboxylic acid groups (broad SMARTS) is 1. The van der Waals surface area contributed by atoms with Crippen LogP contribution in [-0.4, -0.2) is 51.7 Å². The zero-order valence-corrected chi connectivity index (χ0v) is 20.5. The average molecular weight is 477 g/mol. The number of aromatic nitrogens is 2. The molecule has 2 N–H and O–H groups in total. The Morgan fingerprint density at radius 3 is 2.77 bits per heavy atom. The molecule has 7 heteroatoms. The van der Waals surface area contributed by atoms with E-state index < -0.39 is 12.0 Å². The van der Waals surface area contributed by atoms with Gasteiger partial charge in [-0.3, -0.25) is 14.7 Å². The normalized spacial score (nSPS) is 22.4. The number of aliphatic carboxylic acids is 1. The molecule has 35 heavy (non-hydrogen) atoms. The summed E-state index contributed by atoms with van der Waals surface area (Å²) in [5.74, 6) is 0.593. The lowest BCUT2D eigenvalue weighted by Crippen LogP contribution is -2.49. The van der Waals surface area contributed by atoms with E-state index in [2.05, 4.69) is 27.4 Å². The summed E-state index contributed by atoms with van der Waals surface area (Å²) in [6, 6.07) is 7.48. The van der Waals surface area contributed by atoms with Crippen molar-refractivity contribution in [2.75, 3.05) is 19.0 Å². The second kappa shape index (κ2) is 10.9. The van der Waals surface area contributed by atoms with Gasteiger partial charge >= 0.3 is 5.97 Å². The number of rotatable bonds is 11. The zero-order chi connectivity index (χ0) is 24.2. The molecule has 1 atom stereocenters. The molecule has 7 nitrogen and oxygen atoms in total. The summed E-state index contributed by atoms with van der Waals surface area (Å²) in [4.78, 5) is 23.3. The van der Waals surface area contributed by atoms with Gasteiger partial charge in [-0.1, -0.05) is 24.6 Å². The van der Waals surface area contributed by atoms with Crippen LogP contribution in [0.1, 0.15) is 80.1 Å². The van der Waals surface area contributed by atoms with Crippen LogP contribution >= 0.6 is 0 Å². The molecule has 0 bridgehead atoms. The minimum Gasteiger partial charge on any atom is -0.480 e. The molecule has 1 unspecified atom stereocenters. The van der Waals surface area contributed by atoms with E-state index in [1.807, 2.05) is 36.3 Å². The lowest BCUT2D eigenvalue weighted by Gasteiger charge is -2.43. The predicted molar refractivity (Wildman–Crippen MR) is 135 cm³/mol. The second-order valence-electron chi connectivity index (χ2n) is 10.2. The largest absolute Gasteiger partial charge is 0.480 e. The molecule has 186 valence electrons. The third-order valence-corrected chi connectivity index (χ3v) is 7.88. The first-order chi connectivity index (χ1) is 17.1. The Morgan fingerprint density at radius 1 is 1.20 bits per heavy atom. The van der Waals surface area contributed by atoms with E-state index in [0.29, 0.717) is 5.92 Å². The van der Waals surface area contributed by atoms with E-state index in [9.17, 15) is 9.90 Å². The fourth-order valence-electron chi connectivity index (χ4n) is 5.41. The Labute approximate surface area is 207 Å². The fraction of sp³-hybridized carbons (Fsp3) is 0.536. The fourth-order valence-corrected chi connectivity index (χ4v) is 5.41. The van der Waals surface area contributed by atoms with Crippen LogP contribution in [-0.2, 0) is 16.0 Å². The number of carboxylic acids is 1. The molecule has 0 spiro atoms. The maximum atomic E-state index is 12.3. The summed E-state index contributed by atoms with van der Waals surface area (Å²) < 4.78 is 6.10. The van der Waals surface area contributed by atoms with Crippen LogP contribution in [0.2, 0.25) is 0 Å². The van der Waals surface area contributed by atoms with Gasteiger partial charge in [0.1, 0.15) is 11.9 Å². The third-order valence-electron chi connectivity index (χ3n) is 7.88. The quantitative estimate of drug-likeness (QED) is 0.438. The molecule has 3 heterocycles. The summed E-state index contributed by atoms with van der Waals surface area (Å²) >= 11 is 0. The van der Waals surface area contributed by atoms with Crippen LogP contribution in [0.5, 0.6) is 0 Å². The maximum Gasteiger partial charge on any atom is 0.325 e. The van der Waals surface area contributed by atoms with Crippen molar-refractivity contribution in [3.8, 4) is 0 Å². The highest BCUT2D eigenvalue weighted by Crippen LogP contribution is 2.41. The Hall–Kier alpha value is -2.77. The summed E-state index contributed by atoms with van der Waals surface area (Å²) in [7, 11) is 1.94. The number of ether oxygens (including phenoxy) is 1. The Bertz CT molecular complexity index is 1060. The second-order valence-corrected chi connectivity index (χ2v) is 10.2. The standard InChI is InChI=1S/C28H36N4O3/c1-32(26(28(33)34)24-11-6-14-29-25(24)19-7-4-8-19)22-17-23(18-22)35-16-3-2-10-21-13-12-20-9-5-15-30-27(20)31-21/h5-6,9,11,13-15,19,22-23,26H,2-4,7-8,10,12,16-18H2,1H3,(H,30,31)(H,33,34). The van der Waals surface area contributed by atoms with E-state index in [-0.39, 0.29) is 12.1 Å². The van der Waals surface area contributed by atoms with E-state index in [4.69, 9.17) is 4.74 Å². The van der Waals surface area contributed by atoms with Gasteiger partial charge in [-0.2, -0.15) is 0 Å². The summed E-state index contributed by atoms with van der Waals surface area (Å²) in [5.41, 5.74) is 4.34. The Balaban J connectivity index is 1.04. The van der Waals surface area contributed by atoms with Crippen molar-refractivity contribution in [2.24, 2.45) is 0 Å². The van der Waals surface area contributed by atoms with Crippen LogP contribution in [0.25, 0.3) is 0 Å². The number of carbonyl (C=O) groups is 1. The minimum absolute atomic E-state index is 0.222. The van der Waals surface area contributed by atoms with Gasteiger partial charge in [-0.05, 0) is 76.1 Å². The lowest BCUT2D eigenvalue weighted by molar-refractivity contribution is -0.146. The highest BCUT2D eigenvalue weighted by molar-refractivity contribution is 5.76. The lowest BCUT2D eigenvalue weighted by atomic mass is 9.79. The molecule has 0 saturated heterocycles. The first kappa shape index (κ1) is 23.9. The number of allylic oxidation sites excluding steroid dienone is 2. The van der Waals surface area contributed by atoms with Gasteiger partial charge in [0.2, 0.25) is 0 Å². The monoisotopic (exact) mass is 476 g/mol. The first-order valence-electron chi connectivity index (χ1n) is 13.0. The van der Waals surface area contributed by atoms with Crippen molar-refractivity contribution in [2.45, 2.75) is 81.9 Å². The molecule has 0 amide bonds. The predicted octanol–water partition coefficient (Wildman–Crippen LogP) is 5.07. The molecule has 3 aliphatic rings. The van der Waals surface area contributed by atoms with Crippen molar-refractivity contribution >= 4 is 11.8 Å². The van der Waals surface area contributed by atoms with E-state index in [0.717, 1.165) is 75.0 Å². The summed E-state index contributed by atoms with van der Waals surface area (Å²) in [6.45, 7) is 0.750. The molecule has 5 rings (SSSR count).